The Morgan fingerprint density at radius 2 is 2.04 bits per heavy atom. The molecule has 142 valence electrons. The SMILES string of the molecule is CCCCN1CCCCC1CN=C(NCC)NCC1CCCO1.I. The van der Waals surface area contributed by atoms with E-state index in [0.717, 1.165) is 32.2 Å². The van der Waals surface area contributed by atoms with E-state index >= 15 is 0 Å². The zero-order chi connectivity index (χ0) is 16.3. The number of rotatable bonds is 8. The van der Waals surface area contributed by atoms with E-state index in [0.29, 0.717) is 12.1 Å². The summed E-state index contributed by atoms with van der Waals surface area (Å²) in [7, 11) is 0. The van der Waals surface area contributed by atoms with Crippen LogP contribution in [0.1, 0.15) is 58.8 Å². The summed E-state index contributed by atoms with van der Waals surface area (Å²) >= 11 is 0. The summed E-state index contributed by atoms with van der Waals surface area (Å²) in [6.45, 7) is 10.5. The van der Waals surface area contributed by atoms with Crippen molar-refractivity contribution in [2.75, 3.05) is 39.3 Å². The van der Waals surface area contributed by atoms with Crippen LogP contribution in [-0.2, 0) is 4.74 Å². The zero-order valence-electron chi connectivity index (χ0n) is 15.6. The van der Waals surface area contributed by atoms with Crippen LogP contribution in [0.5, 0.6) is 0 Å². The van der Waals surface area contributed by atoms with Crippen molar-refractivity contribution >= 4 is 29.9 Å². The quantitative estimate of drug-likeness (QED) is 0.338. The number of ether oxygens (including phenoxy) is 1. The molecule has 0 aromatic heterocycles. The summed E-state index contributed by atoms with van der Waals surface area (Å²) in [5.74, 6) is 0.948. The van der Waals surface area contributed by atoms with Crippen LogP contribution in [0.25, 0.3) is 0 Å². The maximum atomic E-state index is 5.68. The molecule has 0 saturated carbocycles. The van der Waals surface area contributed by atoms with Crippen LogP contribution in [0, 0.1) is 0 Å². The lowest BCUT2D eigenvalue weighted by Crippen LogP contribution is -2.44. The number of likely N-dealkylation sites (tertiary alicyclic amines) is 1. The number of piperidine rings is 1. The second-order valence-electron chi connectivity index (χ2n) is 6.77. The van der Waals surface area contributed by atoms with Crippen LogP contribution >= 0.6 is 24.0 Å². The highest BCUT2D eigenvalue weighted by Crippen LogP contribution is 2.18. The molecule has 0 spiro atoms. The molecule has 2 saturated heterocycles. The molecule has 0 bridgehead atoms. The standard InChI is InChI=1S/C18H36N4O.HI/c1-3-5-11-22-12-7-6-9-16(22)14-20-18(19-4-2)21-15-17-10-8-13-23-17;/h16-17H,3-15H2,1-2H3,(H2,19,20,21);1H. The molecule has 0 aromatic rings. The summed E-state index contributed by atoms with van der Waals surface area (Å²) in [6, 6.07) is 0.619. The van der Waals surface area contributed by atoms with Crippen molar-refractivity contribution in [1.29, 1.82) is 0 Å². The molecular formula is C18H37IN4O. The third-order valence-corrected chi connectivity index (χ3v) is 4.87. The molecule has 0 aromatic carbocycles. The molecule has 6 heteroatoms. The van der Waals surface area contributed by atoms with Gasteiger partial charge in [-0.15, -0.1) is 24.0 Å². The van der Waals surface area contributed by atoms with Gasteiger partial charge in [0, 0.05) is 25.7 Å². The largest absolute Gasteiger partial charge is 0.376 e. The number of hydrogen-bond donors (Lipinski definition) is 2. The van der Waals surface area contributed by atoms with Gasteiger partial charge >= 0.3 is 0 Å². The van der Waals surface area contributed by atoms with Gasteiger partial charge in [-0.2, -0.15) is 0 Å². The second-order valence-corrected chi connectivity index (χ2v) is 6.77. The highest BCUT2D eigenvalue weighted by molar-refractivity contribution is 14.0. The molecule has 2 aliphatic heterocycles. The lowest BCUT2D eigenvalue weighted by molar-refractivity contribution is 0.113. The normalized spacial score (nSPS) is 25.3. The highest BCUT2D eigenvalue weighted by atomic mass is 127. The number of nitrogens with one attached hydrogen (secondary N) is 2. The van der Waals surface area contributed by atoms with Crippen molar-refractivity contribution in [3.8, 4) is 0 Å². The van der Waals surface area contributed by atoms with Crippen molar-refractivity contribution in [2.45, 2.75) is 70.9 Å². The molecule has 2 aliphatic rings. The molecule has 24 heavy (non-hydrogen) atoms. The first kappa shape index (κ1) is 22.0. The Labute approximate surface area is 165 Å². The fourth-order valence-corrected chi connectivity index (χ4v) is 3.48. The maximum absolute atomic E-state index is 5.68. The minimum absolute atomic E-state index is 0. The van der Waals surface area contributed by atoms with Crippen LogP contribution in [-0.4, -0.2) is 62.3 Å². The van der Waals surface area contributed by atoms with E-state index < -0.39 is 0 Å². The summed E-state index contributed by atoms with van der Waals surface area (Å²) < 4.78 is 5.68. The van der Waals surface area contributed by atoms with Crippen LogP contribution in [0.4, 0.5) is 0 Å². The van der Waals surface area contributed by atoms with E-state index in [4.69, 9.17) is 9.73 Å². The molecule has 0 amide bonds. The Morgan fingerprint density at radius 3 is 2.75 bits per heavy atom. The average Bonchev–Trinajstić information content (AvgIpc) is 3.09. The number of hydrogen-bond acceptors (Lipinski definition) is 3. The predicted octanol–water partition coefficient (Wildman–Crippen LogP) is 2.99. The summed E-state index contributed by atoms with van der Waals surface area (Å²) in [6.07, 6.45) is 9.28. The van der Waals surface area contributed by atoms with Crippen molar-refractivity contribution < 1.29 is 4.74 Å². The first-order valence-electron chi connectivity index (χ1n) is 9.71. The van der Waals surface area contributed by atoms with Crippen LogP contribution in [0.3, 0.4) is 0 Å². The molecule has 2 fully saturated rings. The number of halogens is 1. The molecule has 2 rings (SSSR count). The third kappa shape index (κ3) is 7.87. The lowest BCUT2D eigenvalue weighted by atomic mass is 10.0. The highest BCUT2D eigenvalue weighted by Gasteiger charge is 2.21. The van der Waals surface area contributed by atoms with Gasteiger partial charge in [-0.05, 0) is 52.1 Å². The Balaban J connectivity index is 0.00000288. The molecule has 2 N–H and O–H groups in total. The van der Waals surface area contributed by atoms with E-state index in [9.17, 15) is 0 Å². The van der Waals surface area contributed by atoms with E-state index in [1.165, 1.54) is 58.0 Å². The Hall–Kier alpha value is -0.0800. The number of aliphatic imine (C=N–C) groups is 1. The summed E-state index contributed by atoms with van der Waals surface area (Å²) in [5.41, 5.74) is 0. The number of nitrogens with zero attached hydrogens (tertiary/aromatic N) is 2. The third-order valence-electron chi connectivity index (χ3n) is 4.87. The molecule has 2 atom stereocenters. The van der Waals surface area contributed by atoms with Crippen molar-refractivity contribution in [3.05, 3.63) is 0 Å². The van der Waals surface area contributed by atoms with Gasteiger partial charge < -0.3 is 15.4 Å². The molecule has 5 nitrogen and oxygen atoms in total. The van der Waals surface area contributed by atoms with Gasteiger partial charge in [0.25, 0.3) is 0 Å². The first-order chi connectivity index (χ1) is 11.3. The van der Waals surface area contributed by atoms with E-state index in [-0.39, 0.29) is 24.0 Å². The Kier molecular flexibility index (Phi) is 12.0. The van der Waals surface area contributed by atoms with E-state index in [2.05, 4.69) is 29.4 Å². The number of unbranched alkanes of at least 4 members (excludes halogenated alkanes) is 1. The van der Waals surface area contributed by atoms with Gasteiger partial charge in [-0.25, -0.2) is 0 Å². The van der Waals surface area contributed by atoms with Crippen molar-refractivity contribution in [3.63, 3.8) is 0 Å². The minimum atomic E-state index is 0. The molecular weight excluding hydrogens is 415 g/mol. The van der Waals surface area contributed by atoms with Crippen molar-refractivity contribution in [1.82, 2.24) is 15.5 Å². The fraction of sp³-hybridized carbons (Fsp3) is 0.944. The number of guanidine groups is 1. The molecule has 2 heterocycles. The lowest BCUT2D eigenvalue weighted by Gasteiger charge is -2.35. The van der Waals surface area contributed by atoms with Gasteiger partial charge in [0.2, 0.25) is 0 Å². The van der Waals surface area contributed by atoms with Crippen LogP contribution < -0.4 is 10.6 Å². The molecule has 0 radical (unpaired) electrons. The fourth-order valence-electron chi connectivity index (χ4n) is 3.48. The smallest absolute Gasteiger partial charge is 0.191 e. The maximum Gasteiger partial charge on any atom is 0.191 e. The first-order valence-corrected chi connectivity index (χ1v) is 9.71. The Morgan fingerprint density at radius 1 is 1.17 bits per heavy atom. The van der Waals surface area contributed by atoms with Crippen LogP contribution in [0.2, 0.25) is 0 Å². The topological polar surface area (TPSA) is 48.9 Å². The van der Waals surface area contributed by atoms with Crippen molar-refractivity contribution in [2.24, 2.45) is 4.99 Å². The Bertz CT molecular complexity index is 348. The summed E-state index contributed by atoms with van der Waals surface area (Å²) in [5, 5.41) is 6.82. The molecule has 0 aliphatic carbocycles. The van der Waals surface area contributed by atoms with Gasteiger partial charge in [-0.1, -0.05) is 19.8 Å². The summed E-state index contributed by atoms with van der Waals surface area (Å²) in [4.78, 5) is 7.51. The van der Waals surface area contributed by atoms with E-state index in [1.807, 2.05) is 0 Å². The van der Waals surface area contributed by atoms with Gasteiger partial charge in [0.1, 0.15) is 0 Å². The second kappa shape index (κ2) is 13.2. The van der Waals surface area contributed by atoms with Gasteiger partial charge in [0.15, 0.2) is 5.96 Å². The predicted molar refractivity (Wildman–Crippen MR) is 112 cm³/mol. The zero-order valence-corrected chi connectivity index (χ0v) is 17.9. The monoisotopic (exact) mass is 452 g/mol. The van der Waals surface area contributed by atoms with Gasteiger partial charge in [-0.3, -0.25) is 9.89 Å². The minimum Gasteiger partial charge on any atom is -0.376 e. The average molecular weight is 452 g/mol. The molecule has 2 unspecified atom stereocenters. The van der Waals surface area contributed by atoms with E-state index in [1.54, 1.807) is 0 Å². The van der Waals surface area contributed by atoms with Gasteiger partial charge in [0.05, 0.1) is 12.6 Å². The van der Waals surface area contributed by atoms with Crippen LogP contribution in [0.15, 0.2) is 4.99 Å².